The van der Waals surface area contributed by atoms with E-state index in [1.165, 1.54) is 11.0 Å². The van der Waals surface area contributed by atoms with Gasteiger partial charge in [0.15, 0.2) is 0 Å². The van der Waals surface area contributed by atoms with Gasteiger partial charge in [-0.1, -0.05) is 0 Å². The summed E-state index contributed by atoms with van der Waals surface area (Å²) in [4.78, 5) is 28.2. The second kappa shape index (κ2) is 5.09. The molecular weight excluding hydrogens is 246 g/mol. The van der Waals surface area contributed by atoms with Crippen molar-refractivity contribution in [1.29, 1.82) is 0 Å². The highest BCUT2D eigenvalue weighted by molar-refractivity contribution is 5.92. The SMILES string of the molecule is CN(C)C(=O)CCn1cnc2ccc(C(=O)O)cc21. The number of hydrogen-bond acceptors (Lipinski definition) is 3. The van der Waals surface area contributed by atoms with Crippen LogP contribution in [0.15, 0.2) is 24.5 Å². The summed E-state index contributed by atoms with van der Waals surface area (Å²) < 4.78 is 1.79. The Balaban J connectivity index is 2.26. The van der Waals surface area contributed by atoms with Crippen molar-refractivity contribution in [1.82, 2.24) is 14.5 Å². The van der Waals surface area contributed by atoms with Gasteiger partial charge in [-0.15, -0.1) is 0 Å². The number of nitrogens with zero attached hydrogens (tertiary/aromatic N) is 3. The molecule has 0 fully saturated rings. The lowest BCUT2D eigenvalue weighted by molar-refractivity contribution is -0.128. The molecule has 0 aliphatic rings. The number of imidazole rings is 1. The fourth-order valence-corrected chi connectivity index (χ4v) is 1.81. The molecule has 1 heterocycles. The number of carbonyl (C=O) groups excluding carboxylic acids is 1. The van der Waals surface area contributed by atoms with Gasteiger partial charge >= 0.3 is 5.97 Å². The molecule has 0 aliphatic carbocycles. The lowest BCUT2D eigenvalue weighted by Crippen LogP contribution is -2.22. The first-order valence-electron chi connectivity index (χ1n) is 5.87. The summed E-state index contributed by atoms with van der Waals surface area (Å²) in [5, 5.41) is 8.97. The molecule has 0 unspecified atom stereocenters. The highest BCUT2D eigenvalue weighted by atomic mass is 16.4. The van der Waals surface area contributed by atoms with Crippen LogP contribution in [0.5, 0.6) is 0 Å². The van der Waals surface area contributed by atoms with Crippen molar-refractivity contribution >= 4 is 22.9 Å². The van der Waals surface area contributed by atoms with Gasteiger partial charge in [-0.3, -0.25) is 4.79 Å². The zero-order valence-electron chi connectivity index (χ0n) is 10.8. The van der Waals surface area contributed by atoms with Crippen molar-refractivity contribution < 1.29 is 14.7 Å². The minimum atomic E-state index is -0.973. The molecule has 2 aromatic rings. The van der Waals surface area contributed by atoms with Crippen LogP contribution in [0.1, 0.15) is 16.8 Å². The van der Waals surface area contributed by atoms with E-state index < -0.39 is 5.97 Å². The van der Waals surface area contributed by atoms with E-state index in [4.69, 9.17) is 5.11 Å². The van der Waals surface area contributed by atoms with Crippen LogP contribution in [0.2, 0.25) is 0 Å². The topological polar surface area (TPSA) is 75.4 Å². The Morgan fingerprint density at radius 1 is 1.37 bits per heavy atom. The Bertz CT molecular complexity index is 631. The Morgan fingerprint density at radius 3 is 2.74 bits per heavy atom. The average Bonchev–Trinajstić information content (AvgIpc) is 2.77. The largest absolute Gasteiger partial charge is 0.478 e. The van der Waals surface area contributed by atoms with Crippen molar-refractivity contribution in [2.24, 2.45) is 0 Å². The van der Waals surface area contributed by atoms with E-state index in [1.54, 1.807) is 37.1 Å². The van der Waals surface area contributed by atoms with E-state index in [2.05, 4.69) is 4.98 Å². The van der Waals surface area contributed by atoms with Crippen LogP contribution in [0, 0.1) is 0 Å². The molecule has 6 heteroatoms. The van der Waals surface area contributed by atoms with Gasteiger partial charge in [0.25, 0.3) is 0 Å². The number of rotatable bonds is 4. The summed E-state index contributed by atoms with van der Waals surface area (Å²) in [6.07, 6.45) is 1.98. The van der Waals surface area contributed by atoms with Crippen molar-refractivity contribution in [2.75, 3.05) is 14.1 Å². The number of aromatic carboxylic acids is 1. The maximum Gasteiger partial charge on any atom is 0.335 e. The third kappa shape index (κ3) is 2.73. The quantitative estimate of drug-likeness (QED) is 0.897. The molecule has 100 valence electrons. The fraction of sp³-hybridized carbons (Fsp3) is 0.308. The average molecular weight is 261 g/mol. The molecule has 0 spiro atoms. The van der Waals surface area contributed by atoms with Crippen LogP contribution in [-0.4, -0.2) is 45.5 Å². The first kappa shape index (κ1) is 13.1. The maximum absolute atomic E-state index is 11.5. The second-order valence-electron chi connectivity index (χ2n) is 4.48. The van der Waals surface area contributed by atoms with Crippen LogP contribution >= 0.6 is 0 Å². The molecule has 19 heavy (non-hydrogen) atoms. The minimum Gasteiger partial charge on any atom is -0.478 e. The lowest BCUT2D eigenvalue weighted by Gasteiger charge is -2.10. The van der Waals surface area contributed by atoms with Crippen molar-refractivity contribution in [3.8, 4) is 0 Å². The van der Waals surface area contributed by atoms with Gasteiger partial charge < -0.3 is 14.6 Å². The highest BCUT2D eigenvalue weighted by Gasteiger charge is 2.09. The number of benzene rings is 1. The monoisotopic (exact) mass is 261 g/mol. The predicted molar refractivity (Wildman–Crippen MR) is 70.0 cm³/mol. The molecule has 0 radical (unpaired) electrons. The molecule has 1 N–H and O–H groups in total. The summed E-state index contributed by atoms with van der Waals surface area (Å²) in [6.45, 7) is 0.483. The third-order valence-corrected chi connectivity index (χ3v) is 2.93. The van der Waals surface area contributed by atoms with E-state index in [-0.39, 0.29) is 11.5 Å². The molecule has 6 nitrogen and oxygen atoms in total. The van der Waals surface area contributed by atoms with Crippen molar-refractivity contribution in [2.45, 2.75) is 13.0 Å². The van der Waals surface area contributed by atoms with Gasteiger partial charge in [-0.05, 0) is 18.2 Å². The van der Waals surface area contributed by atoms with Crippen LogP contribution in [0.25, 0.3) is 11.0 Å². The smallest absolute Gasteiger partial charge is 0.335 e. The van der Waals surface area contributed by atoms with Gasteiger partial charge in [-0.2, -0.15) is 0 Å². The molecular formula is C13H15N3O3. The second-order valence-corrected chi connectivity index (χ2v) is 4.48. The van der Waals surface area contributed by atoms with Gasteiger partial charge in [0.2, 0.25) is 5.91 Å². The van der Waals surface area contributed by atoms with Crippen LogP contribution in [0.4, 0.5) is 0 Å². The molecule has 0 saturated carbocycles. The molecule has 2 rings (SSSR count). The summed E-state index contributed by atoms with van der Waals surface area (Å²) in [6, 6.07) is 4.76. The molecule has 0 aliphatic heterocycles. The number of carbonyl (C=O) groups is 2. The number of carboxylic acid groups (broad SMARTS) is 1. The number of aromatic nitrogens is 2. The minimum absolute atomic E-state index is 0.0243. The number of fused-ring (bicyclic) bond motifs is 1. The summed E-state index contributed by atoms with van der Waals surface area (Å²) in [5.41, 5.74) is 1.67. The Morgan fingerprint density at radius 2 is 2.11 bits per heavy atom. The zero-order valence-corrected chi connectivity index (χ0v) is 10.8. The number of carboxylic acids is 1. The molecule has 0 bridgehead atoms. The van der Waals surface area contributed by atoms with Gasteiger partial charge in [0.1, 0.15) is 0 Å². The number of amides is 1. The highest BCUT2D eigenvalue weighted by Crippen LogP contribution is 2.15. The van der Waals surface area contributed by atoms with Gasteiger partial charge in [-0.25, -0.2) is 9.78 Å². The molecule has 1 amide bonds. The Kier molecular flexibility index (Phi) is 3.50. The zero-order chi connectivity index (χ0) is 14.0. The third-order valence-electron chi connectivity index (χ3n) is 2.93. The Labute approximate surface area is 110 Å². The van der Waals surface area contributed by atoms with Crippen LogP contribution < -0.4 is 0 Å². The number of aryl methyl sites for hydroxylation is 1. The molecule has 0 saturated heterocycles. The Hall–Kier alpha value is -2.37. The first-order valence-corrected chi connectivity index (χ1v) is 5.87. The lowest BCUT2D eigenvalue weighted by atomic mass is 10.2. The predicted octanol–water partition coefficient (Wildman–Crippen LogP) is 1.21. The normalized spacial score (nSPS) is 10.6. The van der Waals surface area contributed by atoms with E-state index in [9.17, 15) is 9.59 Å². The molecule has 0 atom stereocenters. The summed E-state index contributed by atoms with van der Waals surface area (Å²) in [7, 11) is 3.41. The van der Waals surface area contributed by atoms with E-state index >= 15 is 0 Å². The number of hydrogen-bond donors (Lipinski definition) is 1. The molecule has 1 aromatic carbocycles. The van der Waals surface area contributed by atoms with Crippen LogP contribution in [0.3, 0.4) is 0 Å². The summed E-state index contributed by atoms with van der Waals surface area (Å²) >= 11 is 0. The van der Waals surface area contributed by atoms with Crippen molar-refractivity contribution in [3.63, 3.8) is 0 Å². The summed E-state index contributed by atoms with van der Waals surface area (Å²) in [5.74, 6) is -0.949. The molecule has 1 aromatic heterocycles. The van der Waals surface area contributed by atoms with Crippen molar-refractivity contribution in [3.05, 3.63) is 30.1 Å². The maximum atomic E-state index is 11.5. The van der Waals surface area contributed by atoms with Gasteiger partial charge in [0, 0.05) is 27.1 Å². The van der Waals surface area contributed by atoms with E-state index in [1.807, 2.05) is 0 Å². The van der Waals surface area contributed by atoms with E-state index in [0.717, 1.165) is 11.0 Å². The fourth-order valence-electron chi connectivity index (χ4n) is 1.81. The van der Waals surface area contributed by atoms with E-state index in [0.29, 0.717) is 13.0 Å². The van der Waals surface area contributed by atoms with Crippen LogP contribution in [-0.2, 0) is 11.3 Å². The standard InChI is InChI=1S/C13H15N3O3/c1-15(2)12(17)5-6-16-8-14-10-4-3-9(13(18)19)7-11(10)16/h3-4,7-8H,5-6H2,1-2H3,(H,18,19). The van der Waals surface area contributed by atoms with Gasteiger partial charge in [0.05, 0.1) is 22.9 Å². The first-order chi connectivity index (χ1) is 8.99.